The van der Waals surface area contributed by atoms with Gasteiger partial charge in [0.1, 0.15) is 5.03 Å². The molecule has 2 heterocycles. The van der Waals surface area contributed by atoms with Crippen LogP contribution in [-0.2, 0) is 0 Å². The van der Waals surface area contributed by atoms with Crippen LogP contribution < -0.4 is 0 Å². The Bertz CT molecular complexity index is 382. The molecule has 0 aromatic carbocycles. The predicted molar refractivity (Wildman–Crippen MR) is 49.4 cm³/mol. The van der Waals surface area contributed by atoms with Crippen LogP contribution in [0.25, 0.3) is 5.65 Å². The molecule has 0 aliphatic heterocycles. The number of fused-ring (bicyclic) bond motifs is 1. The molecule has 2 aromatic rings. The largest absolute Gasteiger partial charge is 0.303 e. The molecule has 0 saturated carbocycles. The van der Waals surface area contributed by atoms with Crippen LogP contribution in [0.15, 0.2) is 29.8 Å². The zero-order chi connectivity index (χ0) is 8.39. The number of imidazole rings is 1. The van der Waals surface area contributed by atoms with E-state index in [0.717, 1.165) is 16.4 Å². The number of hydrogen-bond donors (Lipinski definition) is 0. The molecule has 0 spiro atoms. The predicted octanol–water partition coefficient (Wildman–Crippen LogP) is 1.84. The highest BCUT2D eigenvalue weighted by molar-refractivity contribution is 7.99. The second-order valence-electron chi connectivity index (χ2n) is 2.32. The molecule has 0 fully saturated rings. The van der Waals surface area contributed by atoms with Gasteiger partial charge in [0, 0.05) is 24.8 Å². The van der Waals surface area contributed by atoms with Crippen LogP contribution in [0.5, 0.6) is 0 Å². The summed E-state index contributed by atoms with van der Waals surface area (Å²) in [6.45, 7) is 2.11. The quantitative estimate of drug-likeness (QED) is 0.659. The average molecular weight is 179 g/mol. The van der Waals surface area contributed by atoms with E-state index in [2.05, 4.69) is 16.9 Å². The highest BCUT2D eigenvalue weighted by atomic mass is 32.2. The minimum Gasteiger partial charge on any atom is -0.303 e. The van der Waals surface area contributed by atoms with Crippen molar-refractivity contribution >= 4 is 17.4 Å². The zero-order valence-electron chi connectivity index (χ0n) is 6.77. The smallest absolute Gasteiger partial charge is 0.169 e. The van der Waals surface area contributed by atoms with Crippen molar-refractivity contribution in [1.29, 1.82) is 0 Å². The first-order chi connectivity index (χ1) is 5.92. The lowest BCUT2D eigenvalue weighted by Crippen LogP contribution is -1.88. The maximum absolute atomic E-state index is 4.25. The Morgan fingerprint density at radius 2 is 2.08 bits per heavy atom. The fourth-order valence-electron chi connectivity index (χ4n) is 1.07. The van der Waals surface area contributed by atoms with Crippen molar-refractivity contribution in [2.24, 2.45) is 0 Å². The molecule has 0 atom stereocenters. The van der Waals surface area contributed by atoms with Gasteiger partial charge in [-0.15, -0.1) is 11.8 Å². The molecule has 3 nitrogen and oxygen atoms in total. The molecule has 0 saturated heterocycles. The zero-order valence-corrected chi connectivity index (χ0v) is 7.58. The van der Waals surface area contributed by atoms with Gasteiger partial charge < -0.3 is 4.40 Å². The first-order valence-electron chi connectivity index (χ1n) is 3.82. The fourth-order valence-corrected chi connectivity index (χ4v) is 1.76. The third kappa shape index (κ3) is 1.18. The Labute approximate surface area is 74.8 Å². The third-order valence-electron chi connectivity index (χ3n) is 1.56. The van der Waals surface area contributed by atoms with Crippen molar-refractivity contribution in [2.75, 3.05) is 5.75 Å². The average Bonchev–Trinajstić information content (AvgIpc) is 2.53. The number of hydrogen-bond acceptors (Lipinski definition) is 3. The summed E-state index contributed by atoms with van der Waals surface area (Å²) in [6.07, 6.45) is 7.42. The Hall–Kier alpha value is -1.03. The van der Waals surface area contributed by atoms with Crippen molar-refractivity contribution in [1.82, 2.24) is 14.4 Å². The normalized spacial score (nSPS) is 10.8. The summed E-state index contributed by atoms with van der Waals surface area (Å²) in [5, 5.41) is 1.00. The number of aromatic nitrogens is 3. The van der Waals surface area contributed by atoms with Crippen LogP contribution >= 0.6 is 11.8 Å². The molecule has 2 aromatic heterocycles. The Balaban J connectivity index is 2.57. The van der Waals surface area contributed by atoms with E-state index < -0.39 is 0 Å². The Morgan fingerprint density at radius 3 is 2.83 bits per heavy atom. The van der Waals surface area contributed by atoms with Gasteiger partial charge in [0.25, 0.3) is 0 Å². The van der Waals surface area contributed by atoms with E-state index in [-0.39, 0.29) is 0 Å². The standard InChI is InChI=1S/C8H9N3S/c1-2-12-8-7-9-3-5-11(7)6-4-10-8/h3-6H,2H2,1H3. The van der Waals surface area contributed by atoms with Crippen molar-refractivity contribution in [3.8, 4) is 0 Å². The molecule has 12 heavy (non-hydrogen) atoms. The summed E-state index contributed by atoms with van der Waals surface area (Å²) in [7, 11) is 0. The second-order valence-corrected chi connectivity index (χ2v) is 3.58. The van der Waals surface area contributed by atoms with E-state index >= 15 is 0 Å². The number of nitrogens with zero attached hydrogens (tertiary/aromatic N) is 3. The highest BCUT2D eigenvalue weighted by Gasteiger charge is 2.01. The Morgan fingerprint density at radius 1 is 1.33 bits per heavy atom. The molecular weight excluding hydrogens is 170 g/mol. The van der Waals surface area contributed by atoms with Crippen LogP contribution in [0.3, 0.4) is 0 Å². The second kappa shape index (κ2) is 3.15. The molecule has 0 amide bonds. The Kier molecular flexibility index (Phi) is 1.99. The summed E-state index contributed by atoms with van der Waals surface area (Å²) < 4.78 is 1.98. The topological polar surface area (TPSA) is 30.2 Å². The molecule has 0 aliphatic rings. The van der Waals surface area contributed by atoms with Crippen LogP contribution in [0.1, 0.15) is 6.92 Å². The lowest BCUT2D eigenvalue weighted by molar-refractivity contribution is 1.03. The maximum atomic E-state index is 4.25. The summed E-state index contributed by atoms with van der Waals surface area (Å²) >= 11 is 1.71. The fraction of sp³-hybridized carbons (Fsp3) is 0.250. The van der Waals surface area contributed by atoms with Gasteiger partial charge >= 0.3 is 0 Å². The van der Waals surface area contributed by atoms with Gasteiger partial charge in [-0.2, -0.15) is 0 Å². The minimum absolute atomic E-state index is 0.948. The van der Waals surface area contributed by atoms with E-state index in [4.69, 9.17) is 0 Å². The van der Waals surface area contributed by atoms with E-state index in [1.165, 1.54) is 0 Å². The van der Waals surface area contributed by atoms with Gasteiger partial charge in [0.15, 0.2) is 5.65 Å². The van der Waals surface area contributed by atoms with Crippen LogP contribution in [-0.4, -0.2) is 20.1 Å². The van der Waals surface area contributed by atoms with Gasteiger partial charge in [-0.05, 0) is 5.75 Å². The third-order valence-corrected chi connectivity index (χ3v) is 2.41. The van der Waals surface area contributed by atoms with E-state index in [1.54, 1.807) is 24.2 Å². The molecule has 0 aliphatic carbocycles. The number of rotatable bonds is 2. The van der Waals surface area contributed by atoms with Crippen LogP contribution in [0.2, 0.25) is 0 Å². The molecule has 4 heteroatoms. The van der Waals surface area contributed by atoms with E-state index in [9.17, 15) is 0 Å². The van der Waals surface area contributed by atoms with Crippen LogP contribution in [0.4, 0.5) is 0 Å². The molecule has 2 rings (SSSR count). The molecule has 0 unspecified atom stereocenters. The lowest BCUT2D eigenvalue weighted by Gasteiger charge is -1.98. The van der Waals surface area contributed by atoms with Gasteiger partial charge in [-0.1, -0.05) is 6.92 Å². The summed E-state index contributed by atoms with van der Waals surface area (Å²) in [5.74, 6) is 1.03. The lowest BCUT2D eigenvalue weighted by atomic mass is 10.7. The summed E-state index contributed by atoms with van der Waals surface area (Å²) in [5.41, 5.74) is 0.948. The van der Waals surface area contributed by atoms with E-state index in [0.29, 0.717) is 0 Å². The molecule has 0 N–H and O–H groups in total. The monoisotopic (exact) mass is 179 g/mol. The first-order valence-corrected chi connectivity index (χ1v) is 4.81. The van der Waals surface area contributed by atoms with Gasteiger partial charge in [0.05, 0.1) is 0 Å². The molecule has 0 radical (unpaired) electrons. The minimum atomic E-state index is 0.948. The first kappa shape index (κ1) is 7.61. The van der Waals surface area contributed by atoms with Crippen LogP contribution in [0, 0.1) is 0 Å². The SMILES string of the molecule is CCSc1nccn2ccnc12. The molecule has 0 bridgehead atoms. The van der Waals surface area contributed by atoms with Gasteiger partial charge in [-0.25, -0.2) is 9.97 Å². The van der Waals surface area contributed by atoms with Crippen molar-refractivity contribution in [2.45, 2.75) is 11.9 Å². The van der Waals surface area contributed by atoms with Gasteiger partial charge in [0.2, 0.25) is 0 Å². The summed E-state index contributed by atoms with van der Waals surface area (Å²) in [6, 6.07) is 0. The summed E-state index contributed by atoms with van der Waals surface area (Å²) in [4.78, 5) is 8.47. The van der Waals surface area contributed by atoms with Crippen molar-refractivity contribution in [3.05, 3.63) is 24.8 Å². The molecular formula is C8H9N3S. The number of thioether (sulfide) groups is 1. The van der Waals surface area contributed by atoms with Gasteiger partial charge in [-0.3, -0.25) is 0 Å². The van der Waals surface area contributed by atoms with E-state index in [1.807, 2.05) is 16.8 Å². The van der Waals surface area contributed by atoms with Crippen molar-refractivity contribution < 1.29 is 0 Å². The maximum Gasteiger partial charge on any atom is 0.169 e. The highest BCUT2D eigenvalue weighted by Crippen LogP contribution is 2.18. The molecule has 62 valence electrons. The van der Waals surface area contributed by atoms with Crippen molar-refractivity contribution in [3.63, 3.8) is 0 Å².